The number of hydrogen-bond donors (Lipinski definition) is 1. The van der Waals surface area contributed by atoms with E-state index in [9.17, 15) is 4.79 Å². The maximum atomic E-state index is 11.6. The molecule has 1 aliphatic rings. The molecule has 1 heterocycles. The third-order valence-corrected chi connectivity index (χ3v) is 3.94. The second-order valence-corrected chi connectivity index (χ2v) is 5.50. The Labute approximate surface area is 122 Å². The summed E-state index contributed by atoms with van der Waals surface area (Å²) in [6.45, 7) is 2.06. The minimum atomic E-state index is -0.0325. The summed E-state index contributed by atoms with van der Waals surface area (Å²) < 4.78 is 5.08. The van der Waals surface area contributed by atoms with Gasteiger partial charge in [0, 0.05) is 0 Å². The molecule has 1 aliphatic heterocycles. The molecule has 1 aromatic carbocycles. The highest BCUT2D eigenvalue weighted by atomic mass is 32.2. The summed E-state index contributed by atoms with van der Waals surface area (Å²) >= 11 is 1.44. The molecule has 1 amide bonds. The van der Waals surface area contributed by atoms with Crippen molar-refractivity contribution in [3.05, 3.63) is 29.8 Å². The number of carbonyl (C=O) groups is 1. The molecule has 0 unspecified atom stereocenters. The van der Waals surface area contributed by atoms with Crippen molar-refractivity contribution in [2.75, 3.05) is 7.11 Å². The molecule has 0 saturated carbocycles. The second kappa shape index (κ2) is 7.09. The number of thioether (sulfide) groups is 1. The number of nitrogens with one attached hydrogen (secondary N) is 1. The first-order valence-corrected chi connectivity index (χ1v) is 7.33. The Kier molecular flexibility index (Phi) is 5.17. The van der Waals surface area contributed by atoms with Crippen molar-refractivity contribution in [3.63, 3.8) is 0 Å². The average molecular weight is 291 g/mol. The summed E-state index contributed by atoms with van der Waals surface area (Å²) in [6, 6.07) is 7.50. The van der Waals surface area contributed by atoms with E-state index < -0.39 is 0 Å². The van der Waals surface area contributed by atoms with Gasteiger partial charge in [-0.15, -0.1) is 5.10 Å². The molecule has 20 heavy (non-hydrogen) atoms. The summed E-state index contributed by atoms with van der Waals surface area (Å²) in [5.74, 6) is 0.824. The fourth-order valence-corrected chi connectivity index (χ4v) is 2.79. The highest BCUT2D eigenvalue weighted by Crippen LogP contribution is 2.23. The molecule has 1 atom stereocenters. The van der Waals surface area contributed by atoms with Crippen LogP contribution in [0.15, 0.2) is 34.5 Å². The average Bonchev–Trinajstić information content (AvgIpc) is 2.80. The number of rotatable bonds is 5. The fourth-order valence-electron chi connectivity index (χ4n) is 1.74. The Morgan fingerprint density at radius 1 is 1.40 bits per heavy atom. The third-order valence-electron chi connectivity index (χ3n) is 2.80. The molecule has 1 N–H and O–H groups in total. The van der Waals surface area contributed by atoms with Crippen LogP contribution in [0.2, 0.25) is 0 Å². The minimum Gasteiger partial charge on any atom is -0.497 e. The van der Waals surface area contributed by atoms with Crippen LogP contribution in [0, 0.1) is 0 Å². The number of ether oxygens (including phenoxy) is 1. The third kappa shape index (κ3) is 3.84. The number of hydrogen-bond acceptors (Lipinski definition) is 5. The van der Waals surface area contributed by atoms with Crippen molar-refractivity contribution in [3.8, 4) is 5.75 Å². The van der Waals surface area contributed by atoms with Gasteiger partial charge >= 0.3 is 0 Å². The quantitative estimate of drug-likeness (QED) is 0.669. The summed E-state index contributed by atoms with van der Waals surface area (Å²) in [6.07, 6.45) is 3.48. The summed E-state index contributed by atoms with van der Waals surface area (Å²) in [7, 11) is 1.63. The molecule has 0 aromatic heterocycles. The molecule has 1 saturated heterocycles. The van der Waals surface area contributed by atoms with Gasteiger partial charge in [0.05, 0.1) is 18.6 Å². The van der Waals surface area contributed by atoms with Crippen molar-refractivity contribution in [2.45, 2.75) is 25.0 Å². The van der Waals surface area contributed by atoms with Gasteiger partial charge in [-0.3, -0.25) is 4.79 Å². The number of nitrogens with zero attached hydrogens (tertiary/aromatic N) is 2. The zero-order valence-corrected chi connectivity index (χ0v) is 12.3. The lowest BCUT2D eigenvalue weighted by molar-refractivity contribution is -0.118. The van der Waals surface area contributed by atoms with Gasteiger partial charge in [-0.05, 0) is 36.2 Å². The highest BCUT2D eigenvalue weighted by Gasteiger charge is 2.29. The zero-order chi connectivity index (χ0) is 14.4. The van der Waals surface area contributed by atoms with Gasteiger partial charge in [-0.1, -0.05) is 25.1 Å². The van der Waals surface area contributed by atoms with Gasteiger partial charge in [0.15, 0.2) is 5.17 Å². The van der Waals surface area contributed by atoms with Crippen molar-refractivity contribution in [1.82, 2.24) is 5.32 Å². The smallest absolute Gasteiger partial charge is 0.239 e. The molecule has 0 aliphatic carbocycles. The van der Waals surface area contributed by atoms with Gasteiger partial charge in [-0.25, -0.2) is 0 Å². The van der Waals surface area contributed by atoms with Crippen molar-refractivity contribution < 1.29 is 9.53 Å². The van der Waals surface area contributed by atoms with Crippen LogP contribution in [0.5, 0.6) is 5.75 Å². The fraction of sp³-hybridized carbons (Fsp3) is 0.357. The van der Waals surface area contributed by atoms with Crippen molar-refractivity contribution in [1.29, 1.82) is 0 Å². The normalized spacial score (nSPS) is 20.6. The summed E-state index contributed by atoms with van der Waals surface area (Å²) in [4.78, 5) is 11.6. The Bertz CT molecular complexity index is 526. The molecule has 0 bridgehead atoms. The molecule has 6 heteroatoms. The van der Waals surface area contributed by atoms with Gasteiger partial charge in [0.25, 0.3) is 0 Å². The van der Waals surface area contributed by atoms with E-state index in [4.69, 9.17) is 4.74 Å². The predicted molar refractivity (Wildman–Crippen MR) is 82.5 cm³/mol. The topological polar surface area (TPSA) is 63.1 Å². The maximum absolute atomic E-state index is 11.6. The van der Waals surface area contributed by atoms with E-state index in [0.29, 0.717) is 5.17 Å². The van der Waals surface area contributed by atoms with E-state index >= 15 is 0 Å². The molecule has 1 fully saturated rings. The SMILES string of the molecule is CCC[C@H]1S/C(=N\N=C/c2ccc(OC)cc2)NC1=O. The Morgan fingerprint density at radius 3 is 2.80 bits per heavy atom. The first kappa shape index (κ1) is 14.6. The van der Waals surface area contributed by atoms with Gasteiger partial charge in [0.1, 0.15) is 5.75 Å². The largest absolute Gasteiger partial charge is 0.497 e. The first-order valence-electron chi connectivity index (χ1n) is 6.45. The number of methoxy groups -OCH3 is 1. The molecule has 1 aromatic rings. The van der Waals surface area contributed by atoms with Gasteiger partial charge in [-0.2, -0.15) is 5.10 Å². The summed E-state index contributed by atoms with van der Waals surface area (Å²) in [5.41, 5.74) is 0.926. The number of amidine groups is 1. The first-order chi connectivity index (χ1) is 9.72. The minimum absolute atomic E-state index is 0.0234. The van der Waals surface area contributed by atoms with Crippen LogP contribution < -0.4 is 10.1 Å². The highest BCUT2D eigenvalue weighted by molar-refractivity contribution is 8.15. The predicted octanol–water partition coefficient (Wildman–Crippen LogP) is 2.42. The molecule has 106 valence electrons. The Balaban J connectivity index is 1.95. The lowest BCUT2D eigenvalue weighted by Crippen LogP contribution is -2.24. The van der Waals surface area contributed by atoms with E-state index in [2.05, 4.69) is 22.4 Å². The van der Waals surface area contributed by atoms with Crippen LogP contribution in [-0.4, -0.2) is 29.6 Å². The lowest BCUT2D eigenvalue weighted by atomic mass is 10.2. The van der Waals surface area contributed by atoms with Crippen LogP contribution in [-0.2, 0) is 4.79 Å². The molecule has 2 rings (SSSR count). The van der Waals surface area contributed by atoms with Crippen LogP contribution >= 0.6 is 11.8 Å². The van der Waals surface area contributed by atoms with E-state index in [1.807, 2.05) is 24.3 Å². The Hall–Kier alpha value is -1.82. The number of benzene rings is 1. The molecule has 0 radical (unpaired) electrons. The van der Waals surface area contributed by atoms with E-state index in [-0.39, 0.29) is 11.2 Å². The Morgan fingerprint density at radius 2 is 2.15 bits per heavy atom. The standard InChI is InChI=1S/C14H17N3O2S/c1-3-4-12-13(18)16-14(20-12)17-15-9-10-5-7-11(19-2)8-6-10/h5-9,12H,3-4H2,1-2H3,(H,16,17,18)/b15-9-/t12-/m1/s1. The second-order valence-electron chi connectivity index (χ2n) is 4.31. The van der Waals surface area contributed by atoms with Crippen molar-refractivity contribution in [2.24, 2.45) is 10.2 Å². The van der Waals surface area contributed by atoms with Gasteiger partial charge in [0.2, 0.25) is 5.91 Å². The lowest BCUT2D eigenvalue weighted by Gasteiger charge is -1.99. The molecule has 0 spiro atoms. The van der Waals surface area contributed by atoms with Crippen LogP contribution in [0.3, 0.4) is 0 Å². The van der Waals surface area contributed by atoms with Crippen molar-refractivity contribution >= 4 is 29.1 Å². The van der Waals surface area contributed by atoms with Crippen LogP contribution in [0.4, 0.5) is 0 Å². The zero-order valence-electron chi connectivity index (χ0n) is 11.5. The molecular weight excluding hydrogens is 274 g/mol. The van der Waals surface area contributed by atoms with Crippen LogP contribution in [0.25, 0.3) is 0 Å². The number of carbonyl (C=O) groups excluding carboxylic acids is 1. The van der Waals surface area contributed by atoms with Gasteiger partial charge < -0.3 is 10.1 Å². The molecular formula is C14H17N3O2S. The molecule has 5 nitrogen and oxygen atoms in total. The summed E-state index contributed by atoms with van der Waals surface area (Å²) in [5, 5.41) is 11.3. The van der Waals surface area contributed by atoms with E-state index in [0.717, 1.165) is 24.2 Å². The van der Waals surface area contributed by atoms with Crippen LogP contribution in [0.1, 0.15) is 25.3 Å². The monoisotopic (exact) mass is 291 g/mol. The number of amides is 1. The maximum Gasteiger partial charge on any atom is 0.239 e. The van der Waals surface area contributed by atoms with E-state index in [1.54, 1.807) is 13.3 Å². The van der Waals surface area contributed by atoms with E-state index in [1.165, 1.54) is 11.8 Å².